The highest BCUT2D eigenvalue weighted by atomic mass is 16.1. The number of hydrogen-bond donors (Lipinski definition) is 1. The number of nitrogens with two attached hydrogens (primary N) is 1. The Morgan fingerprint density at radius 2 is 2.00 bits per heavy atom. The molecule has 3 rings (SSSR count). The molecule has 21 heavy (non-hydrogen) atoms. The van der Waals surface area contributed by atoms with E-state index < -0.39 is 5.41 Å². The molecule has 3 nitrogen and oxygen atoms in total. The van der Waals surface area contributed by atoms with Crippen LogP contribution in [0.5, 0.6) is 0 Å². The van der Waals surface area contributed by atoms with Gasteiger partial charge in [-0.1, -0.05) is 49.8 Å². The van der Waals surface area contributed by atoms with E-state index in [4.69, 9.17) is 5.73 Å². The Balaban J connectivity index is 2.26. The molecule has 0 fully saturated rings. The van der Waals surface area contributed by atoms with Gasteiger partial charge in [-0.15, -0.1) is 0 Å². The van der Waals surface area contributed by atoms with Gasteiger partial charge in [0.1, 0.15) is 5.41 Å². The summed E-state index contributed by atoms with van der Waals surface area (Å²) in [5, 5.41) is 0. The Hall–Kier alpha value is -2.16. The van der Waals surface area contributed by atoms with Crippen molar-refractivity contribution in [2.75, 3.05) is 6.54 Å². The molecule has 0 bridgehead atoms. The lowest BCUT2D eigenvalue weighted by Crippen LogP contribution is -2.44. The standard InChI is InChI=1S/C18H20N2O/c1-12-10-13-14(17(12,2)3)6-4-7-15(13)18(16(19)21)8-5-9-20-11-18/h4-10H,11H2,1-3H3,(H2,19,21). The van der Waals surface area contributed by atoms with Gasteiger partial charge in [-0.3, -0.25) is 9.79 Å². The van der Waals surface area contributed by atoms with Crippen LogP contribution in [0.1, 0.15) is 37.5 Å². The number of carbonyl (C=O) groups excluding carboxylic acids is 1. The molecule has 1 heterocycles. The second-order valence-corrected chi connectivity index (χ2v) is 6.40. The zero-order chi connectivity index (χ0) is 15.3. The Morgan fingerprint density at radius 1 is 1.29 bits per heavy atom. The molecule has 108 valence electrons. The van der Waals surface area contributed by atoms with Gasteiger partial charge in [-0.2, -0.15) is 0 Å². The van der Waals surface area contributed by atoms with Crippen LogP contribution in [0.4, 0.5) is 0 Å². The zero-order valence-electron chi connectivity index (χ0n) is 12.7. The summed E-state index contributed by atoms with van der Waals surface area (Å²) in [6, 6.07) is 6.15. The number of dihydropyridines is 1. The fraction of sp³-hybridized carbons (Fsp3) is 0.333. The van der Waals surface area contributed by atoms with Crippen LogP contribution >= 0.6 is 0 Å². The first-order valence-electron chi connectivity index (χ1n) is 7.20. The zero-order valence-corrected chi connectivity index (χ0v) is 12.7. The second-order valence-electron chi connectivity index (χ2n) is 6.40. The number of rotatable bonds is 2. The Bertz CT molecular complexity index is 710. The van der Waals surface area contributed by atoms with E-state index in [1.165, 1.54) is 11.1 Å². The highest BCUT2D eigenvalue weighted by Gasteiger charge is 2.41. The minimum Gasteiger partial charge on any atom is -0.369 e. The van der Waals surface area contributed by atoms with Gasteiger partial charge in [0.25, 0.3) is 0 Å². The van der Waals surface area contributed by atoms with Crippen LogP contribution in [0.2, 0.25) is 0 Å². The highest BCUT2D eigenvalue weighted by molar-refractivity contribution is 5.94. The third kappa shape index (κ3) is 1.80. The Morgan fingerprint density at radius 3 is 2.62 bits per heavy atom. The van der Waals surface area contributed by atoms with Crippen LogP contribution in [0.15, 0.2) is 40.9 Å². The molecule has 1 aliphatic carbocycles. The molecule has 0 saturated heterocycles. The van der Waals surface area contributed by atoms with Gasteiger partial charge in [-0.05, 0) is 29.7 Å². The van der Waals surface area contributed by atoms with E-state index in [0.29, 0.717) is 6.54 Å². The number of fused-ring (bicyclic) bond motifs is 1. The third-order valence-corrected chi connectivity index (χ3v) is 4.96. The van der Waals surface area contributed by atoms with E-state index in [0.717, 1.165) is 11.1 Å². The molecule has 3 heteroatoms. The number of hydrogen-bond acceptors (Lipinski definition) is 2. The van der Waals surface area contributed by atoms with Gasteiger partial charge in [0.15, 0.2) is 0 Å². The molecule has 0 radical (unpaired) electrons. The molecule has 1 unspecified atom stereocenters. The number of aliphatic imine (C=N–C) groups is 1. The van der Waals surface area contributed by atoms with Crippen molar-refractivity contribution in [1.82, 2.24) is 0 Å². The summed E-state index contributed by atoms with van der Waals surface area (Å²) >= 11 is 0. The van der Waals surface area contributed by atoms with Crippen LogP contribution in [-0.2, 0) is 15.6 Å². The van der Waals surface area contributed by atoms with Crippen molar-refractivity contribution in [2.24, 2.45) is 10.7 Å². The van der Waals surface area contributed by atoms with Crippen LogP contribution in [0.3, 0.4) is 0 Å². The normalized spacial score (nSPS) is 25.6. The van der Waals surface area contributed by atoms with Crippen molar-refractivity contribution in [2.45, 2.75) is 31.6 Å². The Kier molecular flexibility index (Phi) is 2.90. The second kappa shape index (κ2) is 4.42. The van der Waals surface area contributed by atoms with Gasteiger partial charge in [0, 0.05) is 11.6 Å². The van der Waals surface area contributed by atoms with Crippen LogP contribution < -0.4 is 5.73 Å². The van der Waals surface area contributed by atoms with E-state index in [1.807, 2.05) is 24.3 Å². The lowest BCUT2D eigenvalue weighted by atomic mass is 9.74. The van der Waals surface area contributed by atoms with Crippen molar-refractivity contribution >= 4 is 18.2 Å². The first-order valence-corrected chi connectivity index (χ1v) is 7.20. The molecule has 1 aromatic rings. The predicted octanol–water partition coefficient (Wildman–Crippen LogP) is 2.74. The van der Waals surface area contributed by atoms with Crippen molar-refractivity contribution < 1.29 is 4.79 Å². The average molecular weight is 280 g/mol. The molecule has 0 saturated carbocycles. The smallest absolute Gasteiger partial charge is 0.233 e. The van der Waals surface area contributed by atoms with Gasteiger partial charge in [0.2, 0.25) is 5.91 Å². The van der Waals surface area contributed by atoms with Gasteiger partial charge in [-0.25, -0.2) is 0 Å². The summed E-state index contributed by atoms with van der Waals surface area (Å²) in [6.45, 7) is 6.93. The molecule has 2 N–H and O–H groups in total. The summed E-state index contributed by atoms with van der Waals surface area (Å²) in [7, 11) is 0. The number of nitrogens with zero attached hydrogens (tertiary/aromatic N) is 1. The summed E-state index contributed by atoms with van der Waals surface area (Å²) in [5.41, 5.74) is 9.54. The van der Waals surface area contributed by atoms with Crippen molar-refractivity contribution in [3.8, 4) is 0 Å². The largest absolute Gasteiger partial charge is 0.369 e. The predicted molar refractivity (Wildman–Crippen MR) is 86.5 cm³/mol. The van der Waals surface area contributed by atoms with Crippen molar-refractivity contribution in [3.63, 3.8) is 0 Å². The summed E-state index contributed by atoms with van der Waals surface area (Å²) in [4.78, 5) is 16.5. The molecule has 0 aromatic heterocycles. The van der Waals surface area contributed by atoms with E-state index in [1.54, 1.807) is 6.21 Å². The molecular formula is C18H20N2O. The van der Waals surface area contributed by atoms with E-state index in [2.05, 4.69) is 37.9 Å². The summed E-state index contributed by atoms with van der Waals surface area (Å²) < 4.78 is 0. The summed E-state index contributed by atoms with van der Waals surface area (Å²) in [6.07, 6.45) is 7.59. The average Bonchev–Trinajstić information content (AvgIpc) is 2.70. The maximum atomic E-state index is 12.2. The molecule has 1 aliphatic heterocycles. The van der Waals surface area contributed by atoms with Gasteiger partial charge in [0.05, 0.1) is 6.54 Å². The van der Waals surface area contributed by atoms with Crippen LogP contribution in [0.25, 0.3) is 6.08 Å². The SMILES string of the molecule is CC1=Cc2c(cccc2C2(C(N)=O)C=CC=NC2)C1(C)C. The minimum atomic E-state index is -0.836. The number of amides is 1. The number of carbonyl (C=O) groups is 1. The van der Waals surface area contributed by atoms with E-state index in [-0.39, 0.29) is 11.3 Å². The van der Waals surface area contributed by atoms with Crippen molar-refractivity contribution in [1.29, 1.82) is 0 Å². The number of allylic oxidation sites excluding steroid dienone is 2. The lowest BCUT2D eigenvalue weighted by molar-refractivity contribution is -0.121. The maximum Gasteiger partial charge on any atom is 0.233 e. The monoisotopic (exact) mass is 280 g/mol. The molecule has 1 atom stereocenters. The van der Waals surface area contributed by atoms with Crippen LogP contribution in [-0.4, -0.2) is 18.7 Å². The van der Waals surface area contributed by atoms with Gasteiger partial charge < -0.3 is 5.73 Å². The molecule has 1 aromatic carbocycles. The first-order chi connectivity index (χ1) is 9.89. The lowest BCUT2D eigenvalue weighted by Gasteiger charge is -2.30. The number of primary amides is 1. The van der Waals surface area contributed by atoms with Gasteiger partial charge >= 0.3 is 0 Å². The molecule has 0 spiro atoms. The van der Waals surface area contributed by atoms with Crippen LogP contribution in [0, 0.1) is 0 Å². The fourth-order valence-electron chi connectivity index (χ4n) is 3.25. The molecule has 1 amide bonds. The summed E-state index contributed by atoms with van der Waals surface area (Å²) in [5.74, 6) is -0.347. The fourth-order valence-corrected chi connectivity index (χ4v) is 3.25. The highest BCUT2D eigenvalue weighted by Crippen LogP contribution is 2.45. The van der Waals surface area contributed by atoms with Crippen molar-refractivity contribution in [3.05, 3.63) is 52.6 Å². The third-order valence-electron chi connectivity index (χ3n) is 4.96. The first kappa shape index (κ1) is 13.8. The molecular weight excluding hydrogens is 260 g/mol. The van der Waals surface area contributed by atoms with E-state index in [9.17, 15) is 4.79 Å². The number of benzene rings is 1. The molecule has 2 aliphatic rings. The minimum absolute atomic E-state index is 0.00811. The maximum absolute atomic E-state index is 12.2. The van der Waals surface area contributed by atoms with E-state index >= 15 is 0 Å². The quantitative estimate of drug-likeness (QED) is 0.889. The topological polar surface area (TPSA) is 55.5 Å². The Labute approximate surface area is 125 Å².